The monoisotopic (exact) mass is 311 g/mol. The molecule has 4 nitrogen and oxygen atoms in total. The van der Waals surface area contributed by atoms with Gasteiger partial charge in [0.2, 0.25) is 0 Å². The third-order valence-electron chi connectivity index (χ3n) is 4.97. The van der Waals surface area contributed by atoms with Crippen molar-refractivity contribution in [3.8, 4) is 5.69 Å². The van der Waals surface area contributed by atoms with Crippen molar-refractivity contribution in [2.24, 2.45) is 0 Å². The highest BCUT2D eigenvalue weighted by molar-refractivity contribution is 5.39. The highest BCUT2D eigenvalue weighted by Gasteiger charge is 2.24. The van der Waals surface area contributed by atoms with Crippen molar-refractivity contribution in [3.05, 3.63) is 47.3 Å². The summed E-state index contributed by atoms with van der Waals surface area (Å²) in [5.41, 5.74) is 5.32. The first-order valence-corrected chi connectivity index (χ1v) is 8.76. The van der Waals surface area contributed by atoms with Gasteiger partial charge < -0.3 is 4.74 Å². The van der Waals surface area contributed by atoms with Crippen LogP contribution in [0.3, 0.4) is 0 Å². The van der Waals surface area contributed by atoms with Crippen LogP contribution in [-0.2, 0) is 24.1 Å². The summed E-state index contributed by atoms with van der Waals surface area (Å²) < 4.78 is 7.93. The molecule has 1 aliphatic heterocycles. The summed E-state index contributed by atoms with van der Waals surface area (Å²) in [6, 6.07) is 10.5. The fourth-order valence-corrected chi connectivity index (χ4v) is 3.88. The molecule has 1 unspecified atom stereocenters. The third kappa shape index (κ3) is 3.06. The molecule has 1 aromatic heterocycles. The van der Waals surface area contributed by atoms with Crippen LogP contribution in [-0.4, -0.2) is 41.0 Å². The van der Waals surface area contributed by atoms with Crippen LogP contribution in [0, 0.1) is 0 Å². The second-order valence-electron chi connectivity index (χ2n) is 6.80. The minimum atomic E-state index is 0.407. The van der Waals surface area contributed by atoms with E-state index in [4.69, 9.17) is 9.84 Å². The van der Waals surface area contributed by atoms with E-state index < -0.39 is 0 Å². The van der Waals surface area contributed by atoms with Crippen molar-refractivity contribution in [1.82, 2.24) is 14.7 Å². The second-order valence-corrected chi connectivity index (χ2v) is 6.80. The molecule has 0 radical (unpaired) electrons. The summed E-state index contributed by atoms with van der Waals surface area (Å²) >= 11 is 0. The van der Waals surface area contributed by atoms with Gasteiger partial charge in [0, 0.05) is 25.4 Å². The van der Waals surface area contributed by atoms with Crippen molar-refractivity contribution >= 4 is 0 Å². The number of likely N-dealkylation sites (N-methyl/N-ethyl adjacent to an activating group) is 1. The van der Waals surface area contributed by atoms with Gasteiger partial charge in [-0.3, -0.25) is 4.90 Å². The number of rotatable bonds is 5. The van der Waals surface area contributed by atoms with Gasteiger partial charge in [0.25, 0.3) is 0 Å². The predicted octanol–water partition coefficient (Wildman–Crippen LogP) is 2.97. The zero-order valence-corrected chi connectivity index (χ0v) is 13.9. The van der Waals surface area contributed by atoms with Crippen molar-refractivity contribution in [1.29, 1.82) is 0 Å². The largest absolute Gasteiger partial charge is 0.377 e. The van der Waals surface area contributed by atoms with Crippen LogP contribution < -0.4 is 0 Å². The maximum Gasteiger partial charge on any atom is 0.0803 e. The number of para-hydroxylation sites is 1. The van der Waals surface area contributed by atoms with E-state index in [1.54, 1.807) is 0 Å². The van der Waals surface area contributed by atoms with Gasteiger partial charge in [-0.25, -0.2) is 4.68 Å². The van der Waals surface area contributed by atoms with E-state index in [1.165, 1.54) is 48.3 Å². The smallest absolute Gasteiger partial charge is 0.0803 e. The van der Waals surface area contributed by atoms with Crippen LogP contribution in [0.2, 0.25) is 0 Å². The van der Waals surface area contributed by atoms with Crippen molar-refractivity contribution in [3.63, 3.8) is 0 Å². The highest BCUT2D eigenvalue weighted by atomic mass is 16.5. The van der Waals surface area contributed by atoms with Crippen LogP contribution in [0.25, 0.3) is 5.69 Å². The lowest BCUT2D eigenvalue weighted by Crippen LogP contribution is -2.28. The lowest BCUT2D eigenvalue weighted by molar-refractivity contribution is 0.0789. The van der Waals surface area contributed by atoms with Gasteiger partial charge >= 0.3 is 0 Å². The van der Waals surface area contributed by atoms with Gasteiger partial charge in [-0.05, 0) is 56.8 Å². The first kappa shape index (κ1) is 14.9. The number of hydrogen-bond donors (Lipinski definition) is 0. The molecule has 1 fully saturated rings. The molecule has 122 valence electrons. The SMILES string of the molecule is CN(Cc1nn(-c2ccccc2)c2c1CCC2)CC1CCCO1. The molecule has 0 N–H and O–H groups in total. The van der Waals surface area contributed by atoms with Crippen molar-refractivity contribution < 1.29 is 4.74 Å². The molecular weight excluding hydrogens is 286 g/mol. The summed E-state index contributed by atoms with van der Waals surface area (Å²) in [6.45, 7) is 2.85. The minimum Gasteiger partial charge on any atom is -0.377 e. The van der Waals surface area contributed by atoms with E-state index in [2.05, 4.69) is 47.0 Å². The average molecular weight is 311 g/mol. The molecule has 0 amide bonds. The zero-order chi connectivity index (χ0) is 15.6. The van der Waals surface area contributed by atoms with E-state index in [9.17, 15) is 0 Å². The molecule has 1 atom stereocenters. The fourth-order valence-electron chi connectivity index (χ4n) is 3.88. The summed E-state index contributed by atoms with van der Waals surface area (Å²) in [5.74, 6) is 0. The molecule has 0 bridgehead atoms. The Morgan fingerprint density at radius 2 is 2.09 bits per heavy atom. The minimum absolute atomic E-state index is 0.407. The first-order chi connectivity index (χ1) is 11.3. The summed E-state index contributed by atoms with van der Waals surface area (Å²) in [7, 11) is 2.19. The number of fused-ring (bicyclic) bond motifs is 1. The number of ether oxygens (including phenoxy) is 1. The van der Waals surface area contributed by atoms with Crippen LogP contribution >= 0.6 is 0 Å². The Balaban J connectivity index is 1.55. The Labute approximate surface area is 138 Å². The molecule has 1 aliphatic carbocycles. The van der Waals surface area contributed by atoms with Crippen molar-refractivity contribution in [2.75, 3.05) is 20.2 Å². The van der Waals surface area contributed by atoms with Gasteiger partial charge in [0.1, 0.15) is 0 Å². The van der Waals surface area contributed by atoms with E-state index in [-0.39, 0.29) is 0 Å². The van der Waals surface area contributed by atoms with E-state index >= 15 is 0 Å². The number of benzene rings is 1. The molecule has 0 saturated carbocycles. The lowest BCUT2D eigenvalue weighted by Gasteiger charge is -2.19. The first-order valence-electron chi connectivity index (χ1n) is 8.76. The van der Waals surface area contributed by atoms with Gasteiger partial charge in [-0.2, -0.15) is 5.10 Å². The molecular formula is C19H25N3O. The summed E-state index contributed by atoms with van der Waals surface area (Å²) in [5, 5.41) is 4.95. The third-order valence-corrected chi connectivity index (χ3v) is 4.97. The number of hydrogen-bond acceptors (Lipinski definition) is 3. The van der Waals surface area contributed by atoms with Gasteiger partial charge in [0.05, 0.1) is 17.5 Å². The quantitative estimate of drug-likeness (QED) is 0.850. The number of aromatic nitrogens is 2. The fraction of sp³-hybridized carbons (Fsp3) is 0.526. The van der Waals surface area contributed by atoms with Gasteiger partial charge in [-0.15, -0.1) is 0 Å². The Morgan fingerprint density at radius 3 is 2.87 bits per heavy atom. The van der Waals surface area contributed by atoms with E-state index in [0.29, 0.717) is 6.10 Å². The topological polar surface area (TPSA) is 30.3 Å². The maximum absolute atomic E-state index is 5.76. The summed E-state index contributed by atoms with van der Waals surface area (Å²) in [4.78, 5) is 2.37. The second kappa shape index (κ2) is 6.46. The Morgan fingerprint density at radius 1 is 1.22 bits per heavy atom. The van der Waals surface area contributed by atoms with Crippen LogP contribution in [0.5, 0.6) is 0 Å². The van der Waals surface area contributed by atoms with Crippen LogP contribution in [0.1, 0.15) is 36.2 Å². The Kier molecular flexibility index (Phi) is 4.19. The van der Waals surface area contributed by atoms with Crippen LogP contribution in [0.4, 0.5) is 0 Å². The van der Waals surface area contributed by atoms with Crippen LogP contribution in [0.15, 0.2) is 30.3 Å². The molecule has 2 heterocycles. The predicted molar refractivity (Wildman–Crippen MR) is 90.9 cm³/mol. The number of nitrogens with zero attached hydrogens (tertiary/aromatic N) is 3. The van der Waals surface area contributed by atoms with E-state index in [1.807, 2.05) is 0 Å². The molecule has 1 aromatic carbocycles. The molecule has 2 aliphatic rings. The molecule has 4 rings (SSSR count). The van der Waals surface area contributed by atoms with E-state index in [0.717, 1.165) is 26.1 Å². The normalized spacial score (nSPS) is 20.3. The molecule has 23 heavy (non-hydrogen) atoms. The Hall–Kier alpha value is -1.65. The van der Waals surface area contributed by atoms with Gasteiger partial charge in [0.15, 0.2) is 0 Å². The highest BCUT2D eigenvalue weighted by Crippen LogP contribution is 2.28. The standard InChI is InChI=1S/C19H25N3O/c1-21(13-16-9-6-12-23-16)14-18-17-10-5-11-19(17)22(20-18)15-7-3-2-4-8-15/h2-4,7-8,16H,5-6,9-14H2,1H3. The molecule has 4 heteroatoms. The maximum atomic E-state index is 5.76. The molecule has 1 saturated heterocycles. The molecule has 2 aromatic rings. The Bertz CT molecular complexity index is 659. The zero-order valence-electron chi connectivity index (χ0n) is 13.9. The lowest BCUT2D eigenvalue weighted by atomic mass is 10.2. The summed E-state index contributed by atoms with van der Waals surface area (Å²) in [6.07, 6.45) is 6.38. The molecule has 0 spiro atoms. The van der Waals surface area contributed by atoms with Gasteiger partial charge in [-0.1, -0.05) is 18.2 Å². The van der Waals surface area contributed by atoms with Crippen molar-refractivity contribution in [2.45, 2.75) is 44.8 Å². The average Bonchev–Trinajstić information content (AvgIpc) is 3.27.